The van der Waals surface area contributed by atoms with Gasteiger partial charge in [0.05, 0.1) is 90.3 Å². The first-order chi connectivity index (χ1) is 40.8. The van der Waals surface area contributed by atoms with Crippen LogP contribution in [0.4, 0.5) is 4.79 Å². The van der Waals surface area contributed by atoms with Gasteiger partial charge in [-0.05, 0) is 55.1 Å². The second-order valence-corrected chi connectivity index (χ2v) is 22.0. The molecule has 470 valence electrons. The van der Waals surface area contributed by atoms with Gasteiger partial charge >= 0.3 is 6.09 Å². The van der Waals surface area contributed by atoms with Crippen molar-refractivity contribution in [2.45, 2.75) is 111 Å². The molecule has 0 radical (unpaired) electrons. The molecule has 3 unspecified atom stereocenters. The molecule has 0 saturated heterocycles. The number of carbonyl (C=O) groups is 7. The lowest BCUT2D eigenvalue weighted by molar-refractivity contribution is -0.126. The average Bonchev–Trinajstić information content (AvgIpc) is 3.12. The molecule has 0 aliphatic rings. The number of carbonyl (C=O) groups excluding carboxylic acids is 6. The van der Waals surface area contributed by atoms with Crippen LogP contribution in [-0.2, 0) is 60.7 Å². The maximum absolute atomic E-state index is 13.5. The molecule has 0 bridgehead atoms. The van der Waals surface area contributed by atoms with Gasteiger partial charge in [-0.15, -0.1) is 13.2 Å². The molecule has 4 aromatic rings. The van der Waals surface area contributed by atoms with E-state index in [1.807, 2.05) is 112 Å². The van der Waals surface area contributed by atoms with E-state index in [4.69, 9.17) is 28.4 Å². The predicted octanol–water partition coefficient (Wildman–Crippen LogP) is 4.29. The molecule has 2 aromatic heterocycles. The largest absolute Gasteiger partial charge is 0.465 e. The van der Waals surface area contributed by atoms with Crippen molar-refractivity contribution in [3.05, 3.63) is 85.2 Å². The van der Waals surface area contributed by atoms with Crippen LogP contribution in [0.15, 0.2) is 73.8 Å². The minimum Gasteiger partial charge on any atom is -0.465 e. The standard InChI is InChI=1S/C60H91N11O14/c1-9-11-17-29-70-46-21-15-13-19-43(46)49(68-70)54(74)66-51(59(3,4)5)56(76)63-27-33-82-37-41-84-39-35-80-31-25-61-48(72)24-23-45(65-58(78)79)53(73)62-26-32-81-36-40-85-42-38-83-34-28-64-57(77)52(60(6,7)8)67-55(75)50-44-20-14-16-22-47(44)71(69-50)30-18-12-10-2/h9-10,13-16,19-22,45,51-52,65H,1-2,11-12,17-18,23-42H2,3-8H3,(H,61,72)(H,62,73)(H,63,76)(H,64,77)(H,66,74)(H,67,75)(H,78,79). The maximum atomic E-state index is 13.5. The number of benzene rings is 2. The number of amides is 7. The highest BCUT2D eigenvalue weighted by Gasteiger charge is 2.35. The Labute approximate surface area is 498 Å². The van der Waals surface area contributed by atoms with Crippen LogP contribution in [0.25, 0.3) is 21.8 Å². The number of unbranched alkanes of at least 4 members (excludes halogenated alkanes) is 2. The molecule has 0 aliphatic carbocycles. The molecule has 25 heteroatoms. The summed E-state index contributed by atoms with van der Waals surface area (Å²) in [4.78, 5) is 90.2. The van der Waals surface area contributed by atoms with E-state index in [2.05, 4.69) is 60.6 Å². The van der Waals surface area contributed by atoms with E-state index >= 15 is 0 Å². The number of ether oxygens (including phenoxy) is 6. The molecule has 4 rings (SSSR count). The van der Waals surface area contributed by atoms with Crippen molar-refractivity contribution in [3.63, 3.8) is 0 Å². The lowest BCUT2D eigenvalue weighted by Crippen LogP contribution is -2.54. The molecule has 3 atom stereocenters. The Kier molecular flexibility index (Phi) is 31.3. The molecule has 2 heterocycles. The smallest absolute Gasteiger partial charge is 0.405 e. The van der Waals surface area contributed by atoms with E-state index in [1.54, 1.807) is 0 Å². The third-order valence-electron chi connectivity index (χ3n) is 13.1. The summed E-state index contributed by atoms with van der Waals surface area (Å²) in [6.07, 6.45) is 5.39. The molecule has 0 aliphatic heterocycles. The van der Waals surface area contributed by atoms with Crippen LogP contribution in [0.2, 0.25) is 0 Å². The van der Waals surface area contributed by atoms with Crippen LogP contribution in [0, 0.1) is 10.8 Å². The van der Waals surface area contributed by atoms with Crippen molar-refractivity contribution in [1.82, 2.24) is 56.8 Å². The Morgan fingerprint density at radius 2 is 0.871 bits per heavy atom. The molecule has 0 saturated carbocycles. The number of fused-ring (bicyclic) bond motifs is 2. The van der Waals surface area contributed by atoms with E-state index in [9.17, 15) is 38.7 Å². The Hall–Kier alpha value is -7.29. The van der Waals surface area contributed by atoms with E-state index < -0.39 is 52.8 Å². The SMILES string of the molecule is C=CCCCn1nc(C(=O)NC(C(=O)NCCOCCOCCOCCNC(=O)CCC(NC(=O)O)C(=O)NCCOCCOCCOCCNC(=O)C(NC(=O)c2nn(CCCC=C)c3ccccc23)C(C)(C)C)C(C)(C)C)c2ccccc21. The monoisotopic (exact) mass is 1190 g/mol. The third kappa shape index (κ3) is 25.4. The van der Waals surface area contributed by atoms with E-state index in [0.29, 0.717) is 23.9 Å². The van der Waals surface area contributed by atoms with Gasteiger partial charge in [0.15, 0.2) is 11.4 Å². The van der Waals surface area contributed by atoms with E-state index in [-0.39, 0.29) is 147 Å². The van der Waals surface area contributed by atoms with Gasteiger partial charge in [0, 0.05) is 56.5 Å². The summed E-state index contributed by atoms with van der Waals surface area (Å²) >= 11 is 0. The van der Waals surface area contributed by atoms with Crippen LogP contribution < -0.4 is 37.2 Å². The van der Waals surface area contributed by atoms with Crippen molar-refractivity contribution < 1.29 is 67.1 Å². The van der Waals surface area contributed by atoms with Crippen LogP contribution in [-0.4, -0.2) is 190 Å². The number of aromatic nitrogens is 4. The van der Waals surface area contributed by atoms with Crippen molar-refractivity contribution in [2.75, 3.05) is 105 Å². The third-order valence-corrected chi connectivity index (χ3v) is 13.1. The maximum Gasteiger partial charge on any atom is 0.405 e. The summed E-state index contributed by atoms with van der Waals surface area (Å²) < 4.78 is 36.9. The summed E-state index contributed by atoms with van der Waals surface area (Å²) in [7, 11) is 0. The summed E-state index contributed by atoms with van der Waals surface area (Å²) in [5.74, 6) is -2.54. The highest BCUT2D eigenvalue weighted by atomic mass is 16.5. The van der Waals surface area contributed by atoms with Gasteiger partial charge in [-0.3, -0.25) is 38.1 Å². The normalized spacial score (nSPS) is 12.7. The summed E-state index contributed by atoms with van der Waals surface area (Å²) in [6, 6.07) is 12.2. The van der Waals surface area contributed by atoms with E-state index in [0.717, 1.165) is 36.7 Å². The number of carboxylic acid groups (broad SMARTS) is 1. The van der Waals surface area contributed by atoms with Gasteiger partial charge < -0.3 is 70.7 Å². The Balaban J connectivity index is 0.971. The highest BCUT2D eigenvalue weighted by molar-refractivity contribution is 6.07. The topological polar surface area (TPSA) is 315 Å². The van der Waals surface area contributed by atoms with Crippen molar-refractivity contribution >= 4 is 63.3 Å². The van der Waals surface area contributed by atoms with Gasteiger partial charge in [-0.2, -0.15) is 10.2 Å². The van der Waals surface area contributed by atoms with Gasteiger partial charge in [0.2, 0.25) is 23.6 Å². The quantitative estimate of drug-likeness (QED) is 0.0226. The molecule has 7 amide bonds. The minimum absolute atomic E-state index is 0.0763. The number of allylic oxidation sites excluding steroid dienone is 2. The van der Waals surface area contributed by atoms with Crippen molar-refractivity contribution in [2.24, 2.45) is 10.8 Å². The van der Waals surface area contributed by atoms with Crippen LogP contribution in [0.3, 0.4) is 0 Å². The molecular formula is C60H91N11O14. The Bertz CT molecular complexity index is 2750. The van der Waals surface area contributed by atoms with Gasteiger partial charge in [-0.25, -0.2) is 4.79 Å². The second-order valence-electron chi connectivity index (χ2n) is 22.0. The van der Waals surface area contributed by atoms with Gasteiger partial charge in [0.1, 0.15) is 18.1 Å². The number of aryl methyl sites for hydroxylation is 2. The summed E-state index contributed by atoms with van der Waals surface area (Å²) in [6.45, 7) is 23.6. The number of rotatable bonds is 43. The fraction of sp³-hybridized carbons (Fsp3) is 0.583. The summed E-state index contributed by atoms with van der Waals surface area (Å²) in [5, 5.41) is 38.8. The van der Waals surface area contributed by atoms with E-state index in [1.165, 1.54) is 0 Å². The lowest BCUT2D eigenvalue weighted by atomic mass is 9.86. The van der Waals surface area contributed by atoms with Crippen molar-refractivity contribution in [3.8, 4) is 0 Å². The molecule has 25 nitrogen and oxygen atoms in total. The van der Waals surface area contributed by atoms with Gasteiger partial charge in [-0.1, -0.05) is 90.1 Å². The van der Waals surface area contributed by atoms with Crippen LogP contribution >= 0.6 is 0 Å². The fourth-order valence-corrected chi connectivity index (χ4v) is 8.65. The number of nitrogens with zero attached hydrogens (tertiary/aromatic N) is 4. The number of nitrogens with one attached hydrogen (secondary N) is 7. The molecule has 0 spiro atoms. The molecule has 0 fully saturated rings. The molecule has 85 heavy (non-hydrogen) atoms. The molecule has 8 N–H and O–H groups in total. The predicted molar refractivity (Wildman–Crippen MR) is 321 cm³/mol. The second kappa shape index (κ2) is 37.9. The molecular weight excluding hydrogens is 1100 g/mol. The van der Waals surface area contributed by atoms with Crippen molar-refractivity contribution in [1.29, 1.82) is 0 Å². The average molecular weight is 1190 g/mol. The first-order valence-electron chi connectivity index (χ1n) is 29.1. The van der Waals surface area contributed by atoms with Crippen LogP contribution in [0.1, 0.15) is 101 Å². The highest BCUT2D eigenvalue weighted by Crippen LogP contribution is 2.25. The zero-order valence-electron chi connectivity index (χ0n) is 50.4. The lowest BCUT2D eigenvalue weighted by Gasteiger charge is -2.30. The number of hydrogen-bond donors (Lipinski definition) is 8. The zero-order chi connectivity index (χ0) is 62.0. The van der Waals surface area contributed by atoms with Crippen LogP contribution in [0.5, 0.6) is 0 Å². The Morgan fingerprint density at radius 1 is 0.518 bits per heavy atom. The number of para-hydroxylation sites is 2. The number of hydrogen-bond acceptors (Lipinski definition) is 15. The summed E-state index contributed by atoms with van der Waals surface area (Å²) in [5.41, 5.74) is 1.01. The van der Waals surface area contributed by atoms with Gasteiger partial charge in [0.25, 0.3) is 11.8 Å². The minimum atomic E-state index is -1.41. The zero-order valence-corrected chi connectivity index (χ0v) is 50.4. The first-order valence-corrected chi connectivity index (χ1v) is 29.1. The molecule has 2 aromatic carbocycles. The fourth-order valence-electron chi connectivity index (χ4n) is 8.65. The Morgan fingerprint density at radius 3 is 1.24 bits per heavy atom. The first kappa shape index (κ1) is 70.2.